The monoisotopic (exact) mass is 663 g/mol. The van der Waals surface area contributed by atoms with Gasteiger partial charge in [-0.05, 0) is 12.8 Å². The van der Waals surface area contributed by atoms with Crippen LogP contribution >= 0.6 is 46.9 Å². The molecule has 1 aromatic heterocycles. The Labute approximate surface area is 208 Å². The summed E-state index contributed by atoms with van der Waals surface area (Å²) in [4.78, 5) is 63.9. The van der Waals surface area contributed by atoms with Crippen molar-refractivity contribution < 1.29 is 92.3 Å². The molecule has 218 valence electrons. The lowest BCUT2D eigenvalue weighted by molar-refractivity contribution is -0.674. The van der Waals surface area contributed by atoms with Crippen LogP contribution in [0.3, 0.4) is 0 Å². The molecule has 0 aliphatic rings. The van der Waals surface area contributed by atoms with Crippen molar-refractivity contribution >= 4 is 46.9 Å². The molecule has 0 amide bonds. The first-order valence-corrected chi connectivity index (χ1v) is 18.5. The van der Waals surface area contributed by atoms with Crippen LogP contribution in [-0.2, 0) is 62.5 Å². The normalized spacial score (nSPS) is 20.7. The van der Waals surface area contributed by atoms with E-state index in [2.05, 4.69) is 21.6 Å². The minimum absolute atomic E-state index is 0.301. The first-order valence-electron chi connectivity index (χ1n) is 9.48. The number of phosphoric acid groups is 6. The standard InChI is InChI=1S/C10H24N2O19P6/c1-3-4-5-6-7-12-9-8-11(2)10(12)26-33(16,17)28-35(20,21)30-37(24,25)31-36(22,23)29-34(18,19)27-32(13,14)15/h8-9H,3-7H2,1-2H3,(H6-,13,14,15,16,17,18,19,20,21,22,23,24,25)/p+1. The molecule has 0 bridgehead atoms. The summed E-state index contributed by atoms with van der Waals surface area (Å²) in [5.41, 5.74) is 0. The molecule has 7 N–H and O–H groups in total. The van der Waals surface area contributed by atoms with Crippen molar-refractivity contribution in [3.05, 3.63) is 12.4 Å². The predicted molar refractivity (Wildman–Crippen MR) is 117 cm³/mol. The lowest BCUT2D eigenvalue weighted by atomic mass is 10.2. The smallest absolute Gasteiger partial charge is 0.334 e. The fourth-order valence-corrected chi connectivity index (χ4v) is 9.71. The summed E-state index contributed by atoms with van der Waals surface area (Å²) < 4.78 is 94.0. The number of imidazole rings is 1. The van der Waals surface area contributed by atoms with E-state index in [4.69, 9.17) is 19.2 Å². The van der Waals surface area contributed by atoms with Crippen molar-refractivity contribution in [1.82, 2.24) is 4.57 Å². The maximum atomic E-state index is 12.2. The Balaban J connectivity index is 2.91. The summed E-state index contributed by atoms with van der Waals surface area (Å²) in [6.45, 7) is 2.28. The van der Waals surface area contributed by atoms with Gasteiger partial charge in [0.1, 0.15) is 12.4 Å². The number of rotatable bonds is 17. The van der Waals surface area contributed by atoms with Crippen LogP contribution in [0.15, 0.2) is 12.4 Å². The maximum absolute atomic E-state index is 12.2. The van der Waals surface area contributed by atoms with E-state index in [-0.39, 0.29) is 6.01 Å². The molecule has 21 nitrogen and oxygen atoms in total. The Kier molecular flexibility index (Phi) is 12.3. The molecule has 0 radical (unpaired) electrons. The zero-order chi connectivity index (χ0) is 28.9. The highest BCUT2D eigenvalue weighted by Crippen LogP contribution is 2.74. The van der Waals surface area contributed by atoms with Crippen molar-refractivity contribution in [3.63, 3.8) is 0 Å². The number of unbranched alkanes of at least 4 members (excludes halogenated alkanes) is 3. The van der Waals surface area contributed by atoms with Crippen molar-refractivity contribution in [3.8, 4) is 6.01 Å². The van der Waals surface area contributed by atoms with E-state index in [9.17, 15) is 47.0 Å². The molecule has 0 spiro atoms. The van der Waals surface area contributed by atoms with Gasteiger partial charge in [-0.2, -0.15) is 30.7 Å². The topological polar surface area (TPSA) is 308 Å². The van der Waals surface area contributed by atoms with Gasteiger partial charge in [0.15, 0.2) is 0 Å². The molecule has 37 heavy (non-hydrogen) atoms. The molecular weight excluding hydrogens is 638 g/mol. The van der Waals surface area contributed by atoms with Crippen molar-refractivity contribution in [2.45, 2.75) is 39.2 Å². The first kappa shape index (κ1) is 34.9. The van der Waals surface area contributed by atoms with Crippen LogP contribution in [0.4, 0.5) is 0 Å². The lowest BCUT2D eigenvalue weighted by Gasteiger charge is -2.20. The molecular formula is C10H25N2O19P6+. The quantitative estimate of drug-likeness (QED) is 0.0711. The van der Waals surface area contributed by atoms with Gasteiger partial charge in [0.25, 0.3) is 0 Å². The number of aromatic nitrogens is 2. The number of hydrogen-bond acceptors (Lipinski definition) is 12. The van der Waals surface area contributed by atoms with Crippen LogP contribution in [0, 0.1) is 0 Å². The van der Waals surface area contributed by atoms with Crippen molar-refractivity contribution in [1.29, 1.82) is 0 Å². The molecule has 5 atom stereocenters. The maximum Gasteiger partial charge on any atom is 0.541 e. The fraction of sp³-hybridized carbons (Fsp3) is 0.700. The van der Waals surface area contributed by atoms with Crippen LogP contribution in [0.25, 0.3) is 0 Å². The second-order valence-corrected chi connectivity index (χ2v) is 15.9. The zero-order valence-corrected chi connectivity index (χ0v) is 24.2. The molecule has 0 saturated heterocycles. The first-order chi connectivity index (χ1) is 16.5. The van der Waals surface area contributed by atoms with E-state index in [1.54, 1.807) is 0 Å². The molecule has 0 saturated carbocycles. The van der Waals surface area contributed by atoms with E-state index in [0.29, 0.717) is 13.0 Å². The molecule has 1 heterocycles. The fourth-order valence-electron chi connectivity index (χ4n) is 2.34. The molecule has 5 unspecified atom stereocenters. The third-order valence-electron chi connectivity index (χ3n) is 3.50. The van der Waals surface area contributed by atoms with E-state index in [1.165, 1.54) is 28.6 Å². The second-order valence-electron chi connectivity index (χ2n) is 6.78. The molecule has 1 aromatic rings. The predicted octanol–water partition coefficient (Wildman–Crippen LogP) is 1.95. The van der Waals surface area contributed by atoms with Gasteiger partial charge in [-0.3, -0.25) is 4.89 Å². The number of hydrogen-bond donors (Lipinski definition) is 7. The summed E-state index contributed by atoms with van der Waals surface area (Å²) in [5, 5.41) is 0. The summed E-state index contributed by atoms with van der Waals surface area (Å²) in [7, 11) is -35.0. The zero-order valence-electron chi connectivity index (χ0n) is 18.8. The van der Waals surface area contributed by atoms with Gasteiger partial charge in [0.05, 0.1) is 13.6 Å². The van der Waals surface area contributed by atoms with E-state index in [1.807, 2.05) is 6.92 Å². The van der Waals surface area contributed by atoms with Gasteiger partial charge >= 0.3 is 52.9 Å². The third-order valence-corrected chi connectivity index (χ3v) is 12.2. The highest BCUT2D eigenvalue weighted by Gasteiger charge is 2.49. The van der Waals surface area contributed by atoms with Crippen LogP contribution in [0.1, 0.15) is 32.6 Å². The average molecular weight is 663 g/mol. The molecule has 0 aliphatic carbocycles. The Morgan fingerprint density at radius 1 is 0.703 bits per heavy atom. The number of phosphoric ester groups is 1. The van der Waals surface area contributed by atoms with E-state index in [0.717, 1.165) is 19.3 Å². The number of nitrogens with zero attached hydrogens (tertiary/aromatic N) is 2. The van der Waals surface area contributed by atoms with Gasteiger partial charge in [-0.1, -0.05) is 19.8 Å². The summed E-state index contributed by atoms with van der Waals surface area (Å²) in [5.74, 6) is 0. The van der Waals surface area contributed by atoms with Crippen molar-refractivity contribution in [2.75, 3.05) is 0 Å². The summed E-state index contributed by atoms with van der Waals surface area (Å²) >= 11 is 0. The highest BCUT2D eigenvalue weighted by atomic mass is 31.3. The Bertz CT molecular complexity index is 1220. The Hall–Kier alpha value is -0.0900. The number of aryl methyl sites for hydroxylation is 2. The van der Waals surface area contributed by atoms with Crippen molar-refractivity contribution in [2.24, 2.45) is 7.05 Å². The minimum atomic E-state index is -6.33. The van der Waals surface area contributed by atoms with Gasteiger partial charge in [-0.25, -0.2) is 27.4 Å². The van der Waals surface area contributed by atoms with E-state index >= 15 is 0 Å². The lowest BCUT2D eigenvalue weighted by Crippen LogP contribution is -2.28. The van der Waals surface area contributed by atoms with Crippen LogP contribution in [0.5, 0.6) is 6.01 Å². The van der Waals surface area contributed by atoms with E-state index < -0.39 is 46.9 Å². The van der Waals surface area contributed by atoms with Crippen LogP contribution in [-0.4, -0.2) is 38.8 Å². The molecule has 27 heteroatoms. The SMILES string of the molecule is CCCCCCn1cc[n+](C)c1OP(=O)(O)OP(=O)(O)OP(=O)(O)OP(=O)(O)OP(=O)(O)OP(=O)(O)O. The minimum Gasteiger partial charge on any atom is -0.334 e. The molecule has 0 aromatic carbocycles. The Morgan fingerprint density at radius 2 is 1.14 bits per heavy atom. The molecule has 0 aliphatic heterocycles. The van der Waals surface area contributed by atoms with Gasteiger partial charge in [-0.15, -0.1) is 0 Å². The molecule has 1 rings (SSSR count). The van der Waals surface area contributed by atoms with Gasteiger partial charge in [0, 0.05) is 0 Å². The largest absolute Gasteiger partial charge is 0.541 e. The summed E-state index contributed by atoms with van der Waals surface area (Å²) in [6, 6.07) is -0.345. The highest BCUT2D eigenvalue weighted by molar-refractivity contribution is 7.72. The Morgan fingerprint density at radius 3 is 1.57 bits per heavy atom. The summed E-state index contributed by atoms with van der Waals surface area (Å²) in [6.07, 6.45) is 6.14. The van der Waals surface area contributed by atoms with Crippen LogP contribution in [0.2, 0.25) is 0 Å². The third kappa shape index (κ3) is 14.2. The molecule has 0 fully saturated rings. The van der Waals surface area contributed by atoms with Gasteiger partial charge < -0.3 is 33.9 Å². The van der Waals surface area contributed by atoms with Crippen LogP contribution < -0.4 is 9.09 Å². The average Bonchev–Trinajstić information content (AvgIpc) is 2.91. The van der Waals surface area contributed by atoms with Gasteiger partial charge in [0.2, 0.25) is 0 Å². The second kappa shape index (κ2) is 13.0.